The Morgan fingerprint density at radius 1 is 0.462 bits per heavy atom. The highest BCUT2D eigenvalue weighted by atomic mass is 16.5. The molecule has 0 amide bonds. The molecule has 0 heterocycles. The molecule has 0 radical (unpaired) electrons. The average molecular weight is 741 g/mol. The lowest BCUT2D eigenvalue weighted by atomic mass is 9.76. The summed E-state index contributed by atoms with van der Waals surface area (Å²) in [6.45, 7) is 27.5. The fourth-order valence-corrected chi connectivity index (χ4v) is 5.53. The molecular formula is C44H84O8. The third kappa shape index (κ3) is 25.8. The number of ether oxygens (including phenoxy) is 4. The van der Waals surface area contributed by atoms with Gasteiger partial charge in [-0.15, -0.1) is 0 Å². The zero-order valence-corrected chi connectivity index (χ0v) is 36.3. The van der Waals surface area contributed by atoms with Gasteiger partial charge in [0.1, 0.15) is 0 Å². The molecule has 0 aromatic carbocycles. The zero-order valence-electron chi connectivity index (χ0n) is 36.3. The Kier molecular flexibility index (Phi) is 30.2. The van der Waals surface area contributed by atoms with Crippen molar-refractivity contribution >= 4 is 23.9 Å². The summed E-state index contributed by atoms with van der Waals surface area (Å²) in [5.41, 5.74) is -1.58. The number of carbonyl (C=O) groups excluding carboxylic acids is 4. The van der Waals surface area contributed by atoms with Gasteiger partial charge in [-0.05, 0) is 49.4 Å². The normalized spacial score (nSPS) is 13.8. The van der Waals surface area contributed by atoms with Gasteiger partial charge >= 0.3 is 23.9 Å². The van der Waals surface area contributed by atoms with Gasteiger partial charge in [-0.2, -0.15) is 0 Å². The van der Waals surface area contributed by atoms with Crippen LogP contribution in [-0.4, -0.2) is 50.3 Å². The van der Waals surface area contributed by atoms with Gasteiger partial charge in [-0.3, -0.25) is 19.2 Å². The molecule has 8 nitrogen and oxygen atoms in total. The number of rotatable bonds is 29. The fourth-order valence-electron chi connectivity index (χ4n) is 5.53. The van der Waals surface area contributed by atoms with Gasteiger partial charge in [0.15, 0.2) is 0 Å². The molecule has 0 spiro atoms. The van der Waals surface area contributed by atoms with Gasteiger partial charge in [0.2, 0.25) is 0 Å². The lowest BCUT2D eigenvalue weighted by molar-refractivity contribution is -0.166. The van der Waals surface area contributed by atoms with E-state index in [1.54, 1.807) is 6.92 Å². The van der Waals surface area contributed by atoms with Crippen molar-refractivity contribution in [2.75, 3.05) is 26.4 Å². The molecule has 0 aliphatic carbocycles. The van der Waals surface area contributed by atoms with E-state index in [1.165, 1.54) is 64.2 Å². The molecule has 0 saturated carbocycles. The van der Waals surface area contributed by atoms with E-state index in [0.717, 1.165) is 12.8 Å². The van der Waals surface area contributed by atoms with E-state index in [1.807, 2.05) is 76.2 Å². The first kappa shape index (κ1) is 52.0. The predicted molar refractivity (Wildman–Crippen MR) is 214 cm³/mol. The van der Waals surface area contributed by atoms with Crippen LogP contribution in [0.15, 0.2) is 0 Å². The van der Waals surface area contributed by atoms with E-state index in [2.05, 4.69) is 6.92 Å². The Bertz CT molecular complexity index is 941. The Labute approximate surface area is 321 Å². The van der Waals surface area contributed by atoms with Crippen molar-refractivity contribution < 1.29 is 38.1 Å². The molecule has 0 aliphatic heterocycles. The lowest BCUT2D eigenvalue weighted by Gasteiger charge is -2.30. The molecule has 0 aromatic rings. The van der Waals surface area contributed by atoms with Gasteiger partial charge in [0.05, 0.1) is 50.1 Å². The standard InChI is InChI=1S/C28H54O4.C16H30O4/c1-7-9-10-11-12-13-14-15-16-17-18-19-20-28(8-2,27(30)32-23-25(5)6)21-26(29)31-22-24(3)4;1-11(2)9-19-14(17)8-16(7,13(5)6)15(18)20-10-12(3)4/h24-25H,7-23H2,1-6H3;11-13H,8-10H2,1-7H3. The van der Waals surface area contributed by atoms with Crippen LogP contribution in [-0.2, 0) is 38.1 Å². The Hall–Kier alpha value is -2.12. The lowest BCUT2D eigenvalue weighted by Crippen LogP contribution is -2.38. The third-order valence-electron chi connectivity index (χ3n) is 9.60. The van der Waals surface area contributed by atoms with Crippen LogP contribution in [0.2, 0.25) is 0 Å². The van der Waals surface area contributed by atoms with Crippen LogP contribution in [0.5, 0.6) is 0 Å². The number of esters is 4. The number of unbranched alkanes of at least 4 members (excludes halogenated alkanes) is 11. The molecule has 0 fully saturated rings. The van der Waals surface area contributed by atoms with Gasteiger partial charge in [0, 0.05) is 0 Å². The Balaban J connectivity index is 0. The second-order valence-corrected chi connectivity index (χ2v) is 17.3. The van der Waals surface area contributed by atoms with Crippen molar-refractivity contribution in [2.24, 2.45) is 40.4 Å². The molecule has 0 bridgehead atoms. The minimum absolute atomic E-state index is 0.00811. The first-order chi connectivity index (χ1) is 24.4. The van der Waals surface area contributed by atoms with Crippen molar-refractivity contribution in [3.05, 3.63) is 0 Å². The predicted octanol–water partition coefficient (Wildman–Crippen LogP) is 11.7. The number of hydrogen-bond acceptors (Lipinski definition) is 8. The minimum Gasteiger partial charge on any atom is -0.465 e. The first-order valence-corrected chi connectivity index (χ1v) is 21.0. The van der Waals surface area contributed by atoms with E-state index in [-0.39, 0.29) is 60.4 Å². The van der Waals surface area contributed by atoms with E-state index < -0.39 is 10.8 Å². The summed E-state index contributed by atoms with van der Waals surface area (Å²) in [6.07, 6.45) is 16.9. The average Bonchev–Trinajstić information content (AvgIpc) is 3.07. The zero-order chi connectivity index (χ0) is 40.2. The van der Waals surface area contributed by atoms with Crippen molar-refractivity contribution in [1.82, 2.24) is 0 Å². The minimum atomic E-state index is -0.830. The molecule has 2 atom stereocenters. The molecule has 0 aliphatic rings. The summed E-state index contributed by atoms with van der Waals surface area (Å²) in [6, 6.07) is 0. The maximum atomic E-state index is 13.0. The molecule has 0 aromatic heterocycles. The van der Waals surface area contributed by atoms with Crippen LogP contribution in [0.4, 0.5) is 0 Å². The summed E-state index contributed by atoms with van der Waals surface area (Å²) in [7, 11) is 0. The molecule has 8 heteroatoms. The maximum absolute atomic E-state index is 13.0. The second kappa shape index (κ2) is 30.2. The van der Waals surface area contributed by atoms with Gasteiger partial charge in [0.25, 0.3) is 0 Å². The van der Waals surface area contributed by atoms with Gasteiger partial charge < -0.3 is 18.9 Å². The van der Waals surface area contributed by atoms with Gasteiger partial charge in [-0.25, -0.2) is 0 Å². The quantitative estimate of drug-likeness (QED) is 0.0424. The monoisotopic (exact) mass is 741 g/mol. The molecule has 0 saturated heterocycles. The Morgan fingerprint density at radius 3 is 1.17 bits per heavy atom. The van der Waals surface area contributed by atoms with E-state index >= 15 is 0 Å². The second-order valence-electron chi connectivity index (χ2n) is 17.3. The van der Waals surface area contributed by atoms with Crippen LogP contribution in [0.1, 0.15) is 193 Å². The van der Waals surface area contributed by atoms with Crippen molar-refractivity contribution in [3.63, 3.8) is 0 Å². The van der Waals surface area contributed by atoms with Crippen LogP contribution in [0.25, 0.3) is 0 Å². The fraction of sp³-hybridized carbons (Fsp3) is 0.909. The highest BCUT2D eigenvalue weighted by Crippen LogP contribution is 2.36. The summed E-state index contributed by atoms with van der Waals surface area (Å²) >= 11 is 0. The van der Waals surface area contributed by atoms with Crippen LogP contribution in [0.3, 0.4) is 0 Å². The summed E-state index contributed by atoms with van der Waals surface area (Å²) in [5, 5.41) is 0. The largest absolute Gasteiger partial charge is 0.465 e. The number of carbonyl (C=O) groups is 4. The van der Waals surface area contributed by atoms with Crippen molar-refractivity contribution in [1.29, 1.82) is 0 Å². The molecule has 0 rings (SSSR count). The van der Waals surface area contributed by atoms with E-state index in [4.69, 9.17) is 18.9 Å². The van der Waals surface area contributed by atoms with Crippen LogP contribution >= 0.6 is 0 Å². The van der Waals surface area contributed by atoms with E-state index in [0.29, 0.717) is 45.2 Å². The molecule has 2 unspecified atom stereocenters. The molecule has 52 heavy (non-hydrogen) atoms. The van der Waals surface area contributed by atoms with Crippen molar-refractivity contribution in [3.8, 4) is 0 Å². The maximum Gasteiger partial charge on any atom is 0.312 e. The topological polar surface area (TPSA) is 105 Å². The molecular weight excluding hydrogens is 656 g/mol. The van der Waals surface area contributed by atoms with Crippen LogP contribution in [0, 0.1) is 40.4 Å². The summed E-state index contributed by atoms with van der Waals surface area (Å²) < 4.78 is 21.5. The van der Waals surface area contributed by atoms with Crippen LogP contribution < -0.4 is 0 Å². The first-order valence-electron chi connectivity index (χ1n) is 21.0. The molecule has 308 valence electrons. The highest BCUT2D eigenvalue weighted by Gasteiger charge is 2.42. The third-order valence-corrected chi connectivity index (χ3v) is 9.60. The smallest absolute Gasteiger partial charge is 0.312 e. The van der Waals surface area contributed by atoms with E-state index in [9.17, 15) is 19.2 Å². The summed E-state index contributed by atoms with van der Waals surface area (Å²) in [4.78, 5) is 49.6. The van der Waals surface area contributed by atoms with Crippen molar-refractivity contribution in [2.45, 2.75) is 193 Å². The molecule has 0 N–H and O–H groups in total. The van der Waals surface area contributed by atoms with Gasteiger partial charge in [-0.1, -0.05) is 160 Å². The summed E-state index contributed by atoms with van der Waals surface area (Å²) in [5.74, 6) is -0.000217. The Morgan fingerprint density at radius 2 is 0.808 bits per heavy atom. The SMILES string of the molecule is CC(C)COC(=O)CC(C)(C(=O)OCC(C)C)C(C)C.CCCCCCCCCCCCCCC(CC)(CC(=O)OCC(C)C)C(=O)OCC(C)C. The number of hydrogen-bond donors (Lipinski definition) is 0. The highest BCUT2D eigenvalue weighted by molar-refractivity contribution is 5.84.